The number of thiophene rings is 1. The second kappa shape index (κ2) is 8.00. The first-order chi connectivity index (χ1) is 11.1. The van der Waals surface area contributed by atoms with Crippen molar-refractivity contribution in [3.05, 3.63) is 64.1 Å². The van der Waals surface area contributed by atoms with Gasteiger partial charge in [0.2, 0.25) is 0 Å². The van der Waals surface area contributed by atoms with Crippen LogP contribution in [0.5, 0.6) is 0 Å². The minimum absolute atomic E-state index is 0.224. The molecule has 0 bridgehead atoms. The number of ether oxygens (including phenoxy) is 1. The Bertz CT molecular complexity index is 740. The number of benzene rings is 1. The number of hydrogen-bond acceptors (Lipinski definition) is 5. The Hall–Kier alpha value is -2.80. The molecular weight excluding hydrogens is 321 g/mol. The second-order valence-corrected chi connectivity index (χ2v) is 5.26. The number of rotatable bonds is 5. The van der Waals surface area contributed by atoms with Gasteiger partial charge in [-0.15, -0.1) is 11.3 Å². The van der Waals surface area contributed by atoms with E-state index >= 15 is 0 Å². The van der Waals surface area contributed by atoms with Crippen molar-refractivity contribution in [1.82, 2.24) is 5.32 Å². The van der Waals surface area contributed by atoms with E-state index in [0.717, 1.165) is 6.08 Å². The average Bonchev–Trinajstić information content (AvgIpc) is 3.06. The molecule has 0 spiro atoms. The van der Waals surface area contributed by atoms with Crippen LogP contribution < -0.4 is 5.32 Å². The number of halogens is 1. The number of imide groups is 1. The summed E-state index contributed by atoms with van der Waals surface area (Å²) in [5.74, 6) is -2.58. The highest BCUT2D eigenvalue weighted by atomic mass is 32.1. The highest BCUT2D eigenvalue weighted by Crippen LogP contribution is 2.08. The van der Waals surface area contributed by atoms with Gasteiger partial charge in [0.05, 0.1) is 4.88 Å². The summed E-state index contributed by atoms with van der Waals surface area (Å²) in [6.45, 7) is -0.600. The van der Waals surface area contributed by atoms with Crippen LogP contribution >= 0.6 is 11.3 Å². The van der Waals surface area contributed by atoms with E-state index in [1.807, 2.05) is 0 Å². The standard InChI is InChI=1S/C16H12FNO4S/c17-12-5-2-1-4-11(12)7-8-15(20)22-10-14(19)18-16(21)13-6-3-9-23-13/h1-9H,10H2,(H,18,19,21)/b8-7+. The molecule has 0 saturated carbocycles. The van der Waals surface area contributed by atoms with E-state index in [1.54, 1.807) is 23.6 Å². The molecule has 0 fully saturated rings. The van der Waals surface area contributed by atoms with Gasteiger partial charge in [0.1, 0.15) is 5.82 Å². The van der Waals surface area contributed by atoms with E-state index in [9.17, 15) is 18.8 Å². The summed E-state index contributed by atoms with van der Waals surface area (Å²) in [6, 6.07) is 9.14. The topological polar surface area (TPSA) is 72.5 Å². The van der Waals surface area contributed by atoms with Gasteiger partial charge in [-0.3, -0.25) is 14.9 Å². The predicted molar refractivity (Wildman–Crippen MR) is 83.2 cm³/mol. The van der Waals surface area contributed by atoms with Crippen LogP contribution in [0, 0.1) is 5.82 Å². The molecule has 118 valence electrons. The zero-order valence-electron chi connectivity index (χ0n) is 11.8. The van der Waals surface area contributed by atoms with Gasteiger partial charge in [0, 0.05) is 11.6 Å². The molecule has 0 radical (unpaired) electrons. The van der Waals surface area contributed by atoms with Crippen molar-refractivity contribution in [2.75, 3.05) is 6.61 Å². The number of carbonyl (C=O) groups excluding carboxylic acids is 3. The van der Waals surface area contributed by atoms with Gasteiger partial charge in [-0.2, -0.15) is 0 Å². The summed E-state index contributed by atoms with van der Waals surface area (Å²) in [7, 11) is 0. The molecule has 1 N–H and O–H groups in total. The third-order valence-electron chi connectivity index (χ3n) is 2.65. The first-order valence-corrected chi connectivity index (χ1v) is 7.41. The molecule has 5 nitrogen and oxygen atoms in total. The Balaban J connectivity index is 1.79. The van der Waals surface area contributed by atoms with Crippen LogP contribution in [-0.4, -0.2) is 24.4 Å². The lowest BCUT2D eigenvalue weighted by Gasteiger charge is -2.03. The Morgan fingerprint density at radius 1 is 1.17 bits per heavy atom. The Labute approximate surface area is 135 Å². The Morgan fingerprint density at radius 2 is 1.96 bits per heavy atom. The zero-order chi connectivity index (χ0) is 16.7. The largest absolute Gasteiger partial charge is 0.452 e. The van der Waals surface area contributed by atoms with E-state index in [4.69, 9.17) is 0 Å². The van der Waals surface area contributed by atoms with Gasteiger partial charge in [0.15, 0.2) is 6.61 Å². The summed E-state index contributed by atoms with van der Waals surface area (Å²) >= 11 is 1.19. The van der Waals surface area contributed by atoms with E-state index in [0.29, 0.717) is 4.88 Å². The second-order valence-electron chi connectivity index (χ2n) is 4.32. The Morgan fingerprint density at radius 3 is 2.65 bits per heavy atom. The SMILES string of the molecule is O=C(COC(=O)/C=C/c1ccccc1F)NC(=O)c1cccs1. The van der Waals surface area contributed by atoms with Gasteiger partial charge in [-0.05, 0) is 23.6 Å². The monoisotopic (exact) mass is 333 g/mol. The molecule has 0 saturated heterocycles. The number of carbonyl (C=O) groups is 3. The Kier molecular flexibility index (Phi) is 5.76. The first-order valence-electron chi connectivity index (χ1n) is 6.53. The van der Waals surface area contributed by atoms with E-state index in [2.05, 4.69) is 10.1 Å². The maximum Gasteiger partial charge on any atom is 0.331 e. The summed E-state index contributed by atoms with van der Waals surface area (Å²) in [5.41, 5.74) is 0.224. The quantitative estimate of drug-likeness (QED) is 0.674. The molecule has 1 heterocycles. The lowest BCUT2D eigenvalue weighted by atomic mass is 10.2. The van der Waals surface area contributed by atoms with Gasteiger partial charge >= 0.3 is 5.97 Å². The highest BCUT2D eigenvalue weighted by molar-refractivity contribution is 7.12. The van der Waals surface area contributed by atoms with Crippen molar-refractivity contribution in [2.45, 2.75) is 0 Å². The molecule has 1 aromatic heterocycles. The summed E-state index contributed by atoms with van der Waals surface area (Å²) in [4.78, 5) is 34.9. The summed E-state index contributed by atoms with van der Waals surface area (Å²) < 4.78 is 18.0. The van der Waals surface area contributed by atoms with Crippen molar-refractivity contribution in [1.29, 1.82) is 0 Å². The molecule has 0 aliphatic rings. The summed E-state index contributed by atoms with van der Waals surface area (Å²) in [6.07, 6.45) is 2.25. The molecule has 2 rings (SSSR count). The molecule has 2 aromatic rings. The zero-order valence-corrected chi connectivity index (χ0v) is 12.6. The molecular formula is C16H12FNO4S. The third-order valence-corrected chi connectivity index (χ3v) is 3.52. The van der Waals surface area contributed by atoms with Crippen LogP contribution in [0.25, 0.3) is 6.08 Å². The average molecular weight is 333 g/mol. The van der Waals surface area contributed by atoms with Crippen LogP contribution in [-0.2, 0) is 14.3 Å². The fourth-order valence-corrected chi connectivity index (χ4v) is 2.20. The lowest BCUT2D eigenvalue weighted by Crippen LogP contribution is -2.33. The van der Waals surface area contributed by atoms with Crippen molar-refractivity contribution >= 4 is 35.2 Å². The minimum Gasteiger partial charge on any atom is -0.452 e. The maximum atomic E-state index is 13.3. The van der Waals surface area contributed by atoms with Gasteiger partial charge in [-0.1, -0.05) is 24.3 Å². The molecule has 1 aromatic carbocycles. The minimum atomic E-state index is -0.813. The van der Waals surface area contributed by atoms with Crippen LogP contribution in [0.15, 0.2) is 47.9 Å². The number of esters is 1. The first kappa shape index (κ1) is 16.6. The van der Waals surface area contributed by atoms with Crippen LogP contribution in [0.4, 0.5) is 4.39 Å². The molecule has 0 atom stereocenters. The number of hydrogen-bond donors (Lipinski definition) is 1. The van der Waals surface area contributed by atoms with Gasteiger partial charge in [0.25, 0.3) is 11.8 Å². The van der Waals surface area contributed by atoms with Crippen LogP contribution in [0.3, 0.4) is 0 Å². The van der Waals surface area contributed by atoms with Crippen molar-refractivity contribution in [2.24, 2.45) is 0 Å². The number of nitrogens with one attached hydrogen (secondary N) is 1. The fraction of sp³-hybridized carbons (Fsp3) is 0.0625. The van der Waals surface area contributed by atoms with Crippen molar-refractivity contribution in [3.8, 4) is 0 Å². The van der Waals surface area contributed by atoms with Crippen molar-refractivity contribution < 1.29 is 23.5 Å². The van der Waals surface area contributed by atoms with Crippen LogP contribution in [0.1, 0.15) is 15.2 Å². The van der Waals surface area contributed by atoms with Gasteiger partial charge in [-0.25, -0.2) is 9.18 Å². The molecule has 7 heteroatoms. The molecule has 23 heavy (non-hydrogen) atoms. The number of amides is 2. The van der Waals surface area contributed by atoms with E-state index in [1.165, 1.54) is 35.6 Å². The smallest absolute Gasteiger partial charge is 0.331 e. The molecule has 0 aliphatic carbocycles. The lowest BCUT2D eigenvalue weighted by molar-refractivity contribution is -0.143. The predicted octanol–water partition coefficient (Wildman–Crippen LogP) is 2.40. The normalized spacial score (nSPS) is 10.5. The van der Waals surface area contributed by atoms with Crippen LogP contribution in [0.2, 0.25) is 0 Å². The fourth-order valence-electron chi connectivity index (χ4n) is 1.58. The maximum absolute atomic E-state index is 13.3. The van der Waals surface area contributed by atoms with E-state index < -0.39 is 30.2 Å². The molecule has 0 aliphatic heterocycles. The molecule has 2 amide bonds. The van der Waals surface area contributed by atoms with E-state index in [-0.39, 0.29) is 5.56 Å². The van der Waals surface area contributed by atoms with Crippen molar-refractivity contribution in [3.63, 3.8) is 0 Å². The molecule has 0 unspecified atom stereocenters. The summed E-state index contributed by atoms with van der Waals surface area (Å²) in [5, 5.41) is 3.79. The van der Waals surface area contributed by atoms with Gasteiger partial charge < -0.3 is 4.74 Å². The third kappa shape index (κ3) is 5.15. The highest BCUT2D eigenvalue weighted by Gasteiger charge is 2.12.